The molecule has 2 N–H and O–H groups in total. The van der Waals surface area contributed by atoms with Gasteiger partial charge in [-0.15, -0.1) is 0 Å². The Bertz CT molecular complexity index is 1690. The lowest BCUT2D eigenvalue weighted by Gasteiger charge is -2.15. The van der Waals surface area contributed by atoms with Gasteiger partial charge in [-0.2, -0.15) is 9.78 Å². The van der Waals surface area contributed by atoms with Crippen LogP contribution in [0.1, 0.15) is 15.9 Å². The van der Waals surface area contributed by atoms with Crippen LogP contribution in [-0.4, -0.2) is 27.8 Å². The third-order valence-electron chi connectivity index (χ3n) is 5.85. The monoisotopic (exact) mass is 553 g/mol. The predicted octanol–water partition coefficient (Wildman–Crippen LogP) is 5.76. The van der Waals surface area contributed by atoms with Gasteiger partial charge in [0, 0.05) is 35.2 Å². The number of rotatable bonds is 9. The first kappa shape index (κ1) is 26.5. The first-order valence-corrected chi connectivity index (χ1v) is 12.6. The molecule has 0 bridgehead atoms. The standard InChI is InChI=1S/C30H24ClN5O4/c1-39-25-10-12-26(13-11-25)40-27-19-34-36(24-9-3-7-22(31)16-24)30(38)28(27)35-23-8-2-6-21(15-23)29(37)33-18-20-5-4-14-32-17-20/h2-17,19,35H,18H2,1H3,(H,33,37). The summed E-state index contributed by atoms with van der Waals surface area (Å²) in [6, 6.07) is 24.2. The van der Waals surface area contributed by atoms with Crippen LogP contribution in [0.3, 0.4) is 0 Å². The highest BCUT2D eigenvalue weighted by molar-refractivity contribution is 6.30. The number of ether oxygens (including phenoxy) is 2. The number of carbonyl (C=O) groups is 1. The van der Waals surface area contributed by atoms with Gasteiger partial charge in [0.2, 0.25) is 0 Å². The highest BCUT2D eigenvalue weighted by Crippen LogP contribution is 2.30. The van der Waals surface area contributed by atoms with Gasteiger partial charge in [0.25, 0.3) is 11.5 Å². The second-order valence-electron chi connectivity index (χ2n) is 8.61. The number of hydrogen-bond acceptors (Lipinski definition) is 7. The van der Waals surface area contributed by atoms with Gasteiger partial charge in [0.15, 0.2) is 11.4 Å². The Labute approximate surface area is 235 Å². The SMILES string of the molecule is COc1ccc(Oc2cnn(-c3cccc(Cl)c3)c(=O)c2Nc2cccc(C(=O)NCc3cccnc3)c2)cc1. The maximum absolute atomic E-state index is 13.7. The number of aromatic nitrogens is 3. The molecule has 3 aromatic carbocycles. The largest absolute Gasteiger partial charge is 0.497 e. The molecule has 0 aliphatic heterocycles. The molecule has 0 saturated carbocycles. The van der Waals surface area contributed by atoms with Gasteiger partial charge in [-0.3, -0.25) is 14.6 Å². The van der Waals surface area contributed by atoms with Crippen molar-refractivity contribution in [1.29, 1.82) is 0 Å². The molecule has 10 heteroatoms. The fraction of sp³-hybridized carbons (Fsp3) is 0.0667. The van der Waals surface area contributed by atoms with Crippen LogP contribution >= 0.6 is 11.6 Å². The summed E-state index contributed by atoms with van der Waals surface area (Å²) in [6.07, 6.45) is 4.81. The average molecular weight is 554 g/mol. The Balaban J connectivity index is 1.46. The zero-order valence-corrected chi connectivity index (χ0v) is 22.1. The molecule has 1 amide bonds. The van der Waals surface area contributed by atoms with Crippen molar-refractivity contribution < 1.29 is 14.3 Å². The second kappa shape index (κ2) is 12.1. The third kappa shape index (κ3) is 6.28. The molecular formula is C30H24ClN5O4. The van der Waals surface area contributed by atoms with Crippen LogP contribution in [0.15, 0.2) is 108 Å². The van der Waals surface area contributed by atoms with Crippen LogP contribution in [-0.2, 0) is 6.54 Å². The van der Waals surface area contributed by atoms with E-state index in [4.69, 9.17) is 21.1 Å². The lowest BCUT2D eigenvalue weighted by atomic mass is 10.1. The minimum absolute atomic E-state index is 0.124. The van der Waals surface area contributed by atoms with E-state index in [2.05, 4.69) is 20.7 Å². The Kier molecular flexibility index (Phi) is 8.03. The van der Waals surface area contributed by atoms with Gasteiger partial charge in [-0.05, 0) is 72.3 Å². The van der Waals surface area contributed by atoms with E-state index < -0.39 is 5.56 Å². The molecule has 5 aromatic rings. The zero-order chi connectivity index (χ0) is 27.9. The molecule has 0 saturated heterocycles. The number of amides is 1. The number of benzene rings is 3. The van der Waals surface area contributed by atoms with Crippen LogP contribution in [0.2, 0.25) is 5.02 Å². The summed E-state index contributed by atoms with van der Waals surface area (Å²) in [4.78, 5) is 30.6. The minimum atomic E-state index is -0.472. The average Bonchev–Trinajstić information content (AvgIpc) is 2.99. The van der Waals surface area contributed by atoms with Crippen molar-refractivity contribution >= 4 is 28.9 Å². The van der Waals surface area contributed by atoms with Crippen LogP contribution in [0, 0.1) is 0 Å². The van der Waals surface area contributed by atoms with Gasteiger partial charge < -0.3 is 20.1 Å². The van der Waals surface area contributed by atoms with E-state index in [1.165, 1.54) is 10.9 Å². The zero-order valence-electron chi connectivity index (χ0n) is 21.4. The van der Waals surface area contributed by atoms with E-state index in [0.29, 0.717) is 40.0 Å². The molecular weight excluding hydrogens is 530 g/mol. The van der Waals surface area contributed by atoms with Crippen molar-refractivity contribution in [3.05, 3.63) is 130 Å². The highest BCUT2D eigenvalue weighted by atomic mass is 35.5. The number of pyridine rings is 1. The van der Waals surface area contributed by atoms with Gasteiger partial charge >= 0.3 is 0 Å². The summed E-state index contributed by atoms with van der Waals surface area (Å²) < 4.78 is 12.5. The Morgan fingerprint density at radius 3 is 2.50 bits per heavy atom. The van der Waals surface area contributed by atoms with Crippen LogP contribution in [0.4, 0.5) is 11.4 Å². The highest BCUT2D eigenvalue weighted by Gasteiger charge is 2.17. The number of hydrogen-bond donors (Lipinski definition) is 2. The van der Waals surface area contributed by atoms with Crippen molar-refractivity contribution in [2.45, 2.75) is 6.54 Å². The van der Waals surface area contributed by atoms with Crippen molar-refractivity contribution in [3.8, 4) is 22.9 Å². The molecule has 0 spiro atoms. The third-order valence-corrected chi connectivity index (χ3v) is 6.09. The van der Waals surface area contributed by atoms with Crippen molar-refractivity contribution in [1.82, 2.24) is 20.1 Å². The van der Waals surface area contributed by atoms with Crippen LogP contribution < -0.4 is 25.7 Å². The van der Waals surface area contributed by atoms with Crippen LogP contribution in [0.25, 0.3) is 5.69 Å². The molecule has 40 heavy (non-hydrogen) atoms. The lowest BCUT2D eigenvalue weighted by Crippen LogP contribution is -2.24. The maximum Gasteiger partial charge on any atom is 0.299 e. The first-order chi connectivity index (χ1) is 19.5. The molecule has 0 atom stereocenters. The summed E-state index contributed by atoms with van der Waals surface area (Å²) >= 11 is 6.16. The topological polar surface area (TPSA) is 107 Å². The molecule has 200 valence electrons. The molecule has 0 fully saturated rings. The predicted molar refractivity (Wildman–Crippen MR) is 153 cm³/mol. The van der Waals surface area contributed by atoms with E-state index in [9.17, 15) is 9.59 Å². The van der Waals surface area contributed by atoms with Gasteiger partial charge in [-0.25, -0.2) is 0 Å². The summed E-state index contributed by atoms with van der Waals surface area (Å²) in [5.74, 6) is 1.07. The second-order valence-corrected chi connectivity index (χ2v) is 9.04. The number of nitrogens with one attached hydrogen (secondary N) is 2. The van der Waals surface area contributed by atoms with Crippen LogP contribution in [0.5, 0.6) is 17.2 Å². The van der Waals surface area contributed by atoms with E-state index in [0.717, 1.165) is 5.56 Å². The number of methoxy groups -OCH3 is 1. The van der Waals surface area contributed by atoms with E-state index >= 15 is 0 Å². The van der Waals surface area contributed by atoms with Gasteiger partial charge in [0.05, 0.1) is 19.0 Å². The normalized spacial score (nSPS) is 10.6. The molecule has 0 aliphatic rings. The molecule has 9 nitrogen and oxygen atoms in total. The summed E-state index contributed by atoms with van der Waals surface area (Å²) in [7, 11) is 1.57. The molecule has 0 unspecified atom stereocenters. The summed E-state index contributed by atoms with van der Waals surface area (Å²) in [5, 5.41) is 10.8. The van der Waals surface area contributed by atoms with Gasteiger partial charge in [0.1, 0.15) is 11.5 Å². The molecule has 5 rings (SSSR count). The molecule has 2 aromatic heterocycles. The Morgan fingerprint density at radius 2 is 1.75 bits per heavy atom. The number of carbonyl (C=O) groups excluding carboxylic acids is 1. The van der Waals surface area contributed by atoms with E-state index in [-0.39, 0.29) is 17.3 Å². The number of anilines is 2. The quantitative estimate of drug-likeness (QED) is 0.239. The Morgan fingerprint density at radius 1 is 0.950 bits per heavy atom. The molecule has 2 heterocycles. The van der Waals surface area contributed by atoms with Crippen molar-refractivity contribution in [2.75, 3.05) is 12.4 Å². The number of halogens is 1. The molecule has 0 radical (unpaired) electrons. The first-order valence-electron chi connectivity index (χ1n) is 12.2. The minimum Gasteiger partial charge on any atom is -0.497 e. The van der Waals surface area contributed by atoms with E-state index in [1.807, 2.05) is 12.1 Å². The lowest BCUT2D eigenvalue weighted by molar-refractivity contribution is 0.0951. The maximum atomic E-state index is 13.7. The summed E-state index contributed by atoms with van der Waals surface area (Å²) in [6.45, 7) is 0.332. The van der Waals surface area contributed by atoms with Crippen molar-refractivity contribution in [2.24, 2.45) is 0 Å². The fourth-order valence-electron chi connectivity index (χ4n) is 3.86. The summed E-state index contributed by atoms with van der Waals surface area (Å²) in [5.41, 5.74) is 1.94. The van der Waals surface area contributed by atoms with Crippen molar-refractivity contribution in [3.63, 3.8) is 0 Å². The van der Waals surface area contributed by atoms with E-state index in [1.54, 1.807) is 92.3 Å². The smallest absolute Gasteiger partial charge is 0.299 e. The van der Waals surface area contributed by atoms with Gasteiger partial charge in [-0.1, -0.05) is 29.8 Å². The molecule has 0 aliphatic carbocycles. The Hall–Kier alpha value is -5.15. The number of nitrogens with zero attached hydrogens (tertiary/aromatic N) is 3. The fourth-order valence-corrected chi connectivity index (χ4v) is 4.05.